The third kappa shape index (κ3) is 3.37. The quantitative estimate of drug-likeness (QED) is 0.755. The van der Waals surface area contributed by atoms with Crippen molar-refractivity contribution in [1.82, 2.24) is 9.97 Å². The number of H-pyrrole nitrogens is 1. The first-order valence-corrected chi connectivity index (χ1v) is 8.51. The van der Waals surface area contributed by atoms with E-state index in [-0.39, 0.29) is 5.69 Å². The second kappa shape index (κ2) is 6.87. The molecule has 0 unspecified atom stereocenters. The first kappa shape index (κ1) is 16.1. The number of amides is 1. The maximum absolute atomic E-state index is 12.5. The summed E-state index contributed by atoms with van der Waals surface area (Å²) < 4.78 is 5.26. The third-order valence-electron chi connectivity index (χ3n) is 4.36. The van der Waals surface area contributed by atoms with E-state index in [4.69, 9.17) is 4.42 Å². The van der Waals surface area contributed by atoms with E-state index in [1.807, 2.05) is 24.3 Å². The molecule has 0 saturated carbocycles. The number of furan rings is 1. The van der Waals surface area contributed by atoms with Crippen molar-refractivity contribution in [1.29, 1.82) is 0 Å². The number of hydrogen-bond donors (Lipinski definition) is 2. The Balaban J connectivity index is 1.52. The van der Waals surface area contributed by atoms with Gasteiger partial charge in [0.1, 0.15) is 11.5 Å². The number of rotatable bonds is 4. The van der Waals surface area contributed by atoms with E-state index in [1.165, 1.54) is 25.2 Å². The Bertz CT molecular complexity index is 955. The lowest BCUT2D eigenvalue weighted by Crippen LogP contribution is -2.21. The van der Waals surface area contributed by atoms with E-state index in [9.17, 15) is 9.59 Å². The van der Waals surface area contributed by atoms with Crippen molar-refractivity contribution >= 4 is 17.3 Å². The molecule has 3 heterocycles. The topological polar surface area (TPSA) is 91.2 Å². The number of nitrogens with one attached hydrogen (secondary N) is 2. The Morgan fingerprint density at radius 2 is 1.92 bits per heavy atom. The normalized spacial score (nSPS) is 13.8. The predicted molar refractivity (Wildman–Crippen MR) is 98.4 cm³/mol. The fourth-order valence-corrected chi connectivity index (χ4v) is 3.06. The molecule has 2 N–H and O–H groups in total. The van der Waals surface area contributed by atoms with E-state index in [2.05, 4.69) is 20.2 Å². The van der Waals surface area contributed by atoms with Gasteiger partial charge in [-0.3, -0.25) is 4.79 Å². The van der Waals surface area contributed by atoms with Crippen molar-refractivity contribution in [2.75, 3.05) is 23.3 Å². The summed E-state index contributed by atoms with van der Waals surface area (Å²) in [5.74, 6) is 0.0198. The number of carbonyl (C=O) groups is 1. The van der Waals surface area contributed by atoms with Crippen molar-refractivity contribution in [3.63, 3.8) is 0 Å². The molecule has 26 heavy (non-hydrogen) atoms. The SMILES string of the molecule is O=C(Nc1ccc(N2CCCC2)cc1)c1cc(-c2ccco2)[nH]c(=O)n1. The molecule has 1 amide bonds. The summed E-state index contributed by atoms with van der Waals surface area (Å²) in [6.07, 6.45) is 3.92. The van der Waals surface area contributed by atoms with Crippen LogP contribution in [-0.4, -0.2) is 29.0 Å². The number of carbonyl (C=O) groups excluding carboxylic acids is 1. The van der Waals surface area contributed by atoms with Crippen LogP contribution in [0.15, 0.2) is 57.9 Å². The van der Waals surface area contributed by atoms with Gasteiger partial charge < -0.3 is 19.6 Å². The zero-order valence-corrected chi connectivity index (χ0v) is 14.1. The Hall–Kier alpha value is -3.35. The molecule has 0 spiro atoms. The highest BCUT2D eigenvalue weighted by Crippen LogP contribution is 2.22. The highest BCUT2D eigenvalue weighted by molar-refractivity contribution is 6.03. The molecule has 7 heteroatoms. The van der Waals surface area contributed by atoms with Crippen LogP contribution in [-0.2, 0) is 0 Å². The van der Waals surface area contributed by atoms with E-state index in [0.29, 0.717) is 17.1 Å². The molecule has 2 aromatic heterocycles. The third-order valence-corrected chi connectivity index (χ3v) is 4.36. The van der Waals surface area contributed by atoms with Gasteiger partial charge in [-0.2, -0.15) is 4.98 Å². The van der Waals surface area contributed by atoms with Gasteiger partial charge in [0.2, 0.25) is 0 Å². The molecule has 1 aliphatic heterocycles. The summed E-state index contributed by atoms with van der Waals surface area (Å²) in [5, 5.41) is 2.77. The van der Waals surface area contributed by atoms with Gasteiger partial charge in [0, 0.05) is 24.5 Å². The molecule has 7 nitrogen and oxygen atoms in total. The van der Waals surface area contributed by atoms with Crippen LogP contribution in [0.5, 0.6) is 0 Å². The lowest BCUT2D eigenvalue weighted by atomic mass is 10.2. The zero-order valence-electron chi connectivity index (χ0n) is 14.1. The standard InChI is InChI=1S/C19H18N4O3/c24-18(16-12-15(21-19(25)22-16)17-4-3-11-26-17)20-13-5-7-14(8-6-13)23-9-1-2-10-23/h3-8,11-12H,1-2,9-10H2,(H,20,24)(H,21,22,25). The molecular weight excluding hydrogens is 332 g/mol. The van der Waals surface area contributed by atoms with Crippen LogP contribution in [0, 0.1) is 0 Å². The summed E-state index contributed by atoms with van der Waals surface area (Å²) in [6, 6.07) is 12.6. The van der Waals surface area contributed by atoms with E-state index >= 15 is 0 Å². The number of hydrogen-bond acceptors (Lipinski definition) is 5. The predicted octanol–water partition coefficient (Wildman–Crippen LogP) is 2.88. The van der Waals surface area contributed by atoms with Crippen LogP contribution in [0.3, 0.4) is 0 Å². The van der Waals surface area contributed by atoms with Gasteiger partial charge in [0.15, 0.2) is 0 Å². The maximum Gasteiger partial charge on any atom is 0.346 e. The monoisotopic (exact) mass is 350 g/mol. The van der Waals surface area contributed by atoms with Crippen molar-refractivity contribution in [2.24, 2.45) is 0 Å². The molecule has 0 atom stereocenters. The Morgan fingerprint density at radius 1 is 1.15 bits per heavy atom. The number of aromatic nitrogens is 2. The summed E-state index contributed by atoms with van der Waals surface area (Å²) in [5.41, 5.74) is 1.64. The van der Waals surface area contributed by atoms with Crippen LogP contribution in [0.2, 0.25) is 0 Å². The van der Waals surface area contributed by atoms with Gasteiger partial charge in [-0.15, -0.1) is 0 Å². The molecular formula is C19H18N4O3. The van der Waals surface area contributed by atoms with Crippen molar-refractivity contribution in [2.45, 2.75) is 12.8 Å². The van der Waals surface area contributed by atoms with Crippen molar-refractivity contribution < 1.29 is 9.21 Å². The summed E-state index contributed by atoms with van der Waals surface area (Å²) in [7, 11) is 0. The largest absolute Gasteiger partial charge is 0.463 e. The lowest BCUT2D eigenvalue weighted by Gasteiger charge is -2.17. The van der Waals surface area contributed by atoms with Gasteiger partial charge >= 0.3 is 5.69 Å². The minimum atomic E-state index is -0.603. The highest BCUT2D eigenvalue weighted by Gasteiger charge is 2.14. The fourth-order valence-electron chi connectivity index (χ4n) is 3.06. The van der Waals surface area contributed by atoms with Crippen LogP contribution in [0.25, 0.3) is 11.5 Å². The van der Waals surface area contributed by atoms with E-state index in [1.54, 1.807) is 12.1 Å². The molecule has 3 aromatic rings. The van der Waals surface area contributed by atoms with Crippen LogP contribution in [0.4, 0.5) is 11.4 Å². The minimum Gasteiger partial charge on any atom is -0.463 e. The van der Waals surface area contributed by atoms with Gasteiger partial charge in [0.05, 0.1) is 12.0 Å². The summed E-state index contributed by atoms with van der Waals surface area (Å²) >= 11 is 0. The fraction of sp³-hybridized carbons (Fsp3) is 0.211. The summed E-state index contributed by atoms with van der Waals surface area (Å²) in [4.78, 5) is 32.9. The molecule has 1 saturated heterocycles. The van der Waals surface area contributed by atoms with Crippen LogP contribution >= 0.6 is 0 Å². The molecule has 0 aliphatic carbocycles. The maximum atomic E-state index is 12.5. The molecule has 1 aromatic carbocycles. The second-order valence-electron chi connectivity index (χ2n) is 6.16. The number of aromatic amines is 1. The number of nitrogens with zero attached hydrogens (tertiary/aromatic N) is 2. The average molecular weight is 350 g/mol. The molecule has 0 bridgehead atoms. The number of anilines is 2. The Morgan fingerprint density at radius 3 is 2.62 bits per heavy atom. The number of benzene rings is 1. The first-order chi connectivity index (χ1) is 12.7. The van der Waals surface area contributed by atoms with E-state index in [0.717, 1.165) is 18.8 Å². The molecule has 1 aliphatic rings. The molecule has 4 rings (SSSR count). The van der Waals surface area contributed by atoms with Gasteiger partial charge in [-0.05, 0) is 55.3 Å². The lowest BCUT2D eigenvalue weighted by molar-refractivity contribution is 0.102. The van der Waals surface area contributed by atoms with Gasteiger partial charge in [-0.25, -0.2) is 4.79 Å². The smallest absolute Gasteiger partial charge is 0.346 e. The van der Waals surface area contributed by atoms with Crippen LogP contribution < -0.4 is 15.9 Å². The Kier molecular flexibility index (Phi) is 4.27. The minimum absolute atomic E-state index is 0.0313. The van der Waals surface area contributed by atoms with Crippen LogP contribution in [0.1, 0.15) is 23.3 Å². The molecule has 1 fully saturated rings. The zero-order chi connectivity index (χ0) is 17.9. The molecule has 132 valence electrons. The highest BCUT2D eigenvalue weighted by atomic mass is 16.3. The van der Waals surface area contributed by atoms with Crippen molar-refractivity contribution in [3.8, 4) is 11.5 Å². The van der Waals surface area contributed by atoms with Gasteiger partial charge in [0.25, 0.3) is 5.91 Å². The Labute approximate surface area is 149 Å². The van der Waals surface area contributed by atoms with E-state index < -0.39 is 11.6 Å². The first-order valence-electron chi connectivity index (χ1n) is 8.51. The van der Waals surface area contributed by atoms with Gasteiger partial charge in [-0.1, -0.05) is 0 Å². The average Bonchev–Trinajstić information content (AvgIpc) is 3.36. The summed E-state index contributed by atoms with van der Waals surface area (Å²) in [6.45, 7) is 2.13. The van der Waals surface area contributed by atoms with Crippen molar-refractivity contribution in [3.05, 3.63) is 64.9 Å². The second-order valence-corrected chi connectivity index (χ2v) is 6.16. The molecule has 0 radical (unpaired) electrons.